The van der Waals surface area contributed by atoms with Crippen LogP contribution in [0, 0.1) is 0 Å². The molecule has 16 heavy (non-hydrogen) atoms. The molecule has 0 saturated heterocycles. The van der Waals surface area contributed by atoms with Gasteiger partial charge in [-0.2, -0.15) is 0 Å². The second kappa shape index (κ2) is 6.41. The van der Waals surface area contributed by atoms with Crippen LogP contribution in [-0.2, 0) is 4.74 Å². The molecule has 0 radical (unpaired) electrons. The molecule has 1 aliphatic carbocycles. The van der Waals surface area contributed by atoms with Gasteiger partial charge in [-0.3, -0.25) is 0 Å². The lowest BCUT2D eigenvalue weighted by Crippen LogP contribution is -2.51. The molecule has 1 atom stereocenters. The van der Waals surface area contributed by atoms with Crippen molar-refractivity contribution < 1.29 is 4.74 Å². The van der Waals surface area contributed by atoms with E-state index >= 15 is 0 Å². The van der Waals surface area contributed by atoms with Gasteiger partial charge in [-0.05, 0) is 32.6 Å². The first-order chi connectivity index (χ1) is 7.64. The topological polar surface area (TPSA) is 35.2 Å². The third-order valence-electron chi connectivity index (χ3n) is 3.82. The summed E-state index contributed by atoms with van der Waals surface area (Å²) in [5.74, 6) is 0. The first kappa shape index (κ1) is 13.7. The maximum Gasteiger partial charge on any atom is 0.0835 e. The molecular weight excluding hydrogens is 198 g/mol. The van der Waals surface area contributed by atoms with Gasteiger partial charge in [0, 0.05) is 12.6 Å². The van der Waals surface area contributed by atoms with Crippen LogP contribution < -0.4 is 5.73 Å². The van der Waals surface area contributed by atoms with Crippen molar-refractivity contribution in [3.05, 3.63) is 12.2 Å². The van der Waals surface area contributed by atoms with Crippen molar-refractivity contribution in [3.8, 4) is 0 Å². The highest BCUT2D eigenvalue weighted by Crippen LogP contribution is 2.35. The second-order valence-electron chi connectivity index (χ2n) is 4.97. The number of nitrogens with two attached hydrogens (primary N) is 1. The van der Waals surface area contributed by atoms with Crippen LogP contribution in [-0.4, -0.2) is 18.2 Å². The minimum Gasteiger partial charge on any atom is -0.374 e. The van der Waals surface area contributed by atoms with Crippen LogP contribution in [0.4, 0.5) is 0 Å². The van der Waals surface area contributed by atoms with Gasteiger partial charge in [-0.15, -0.1) is 0 Å². The Morgan fingerprint density at radius 3 is 2.44 bits per heavy atom. The zero-order valence-corrected chi connectivity index (χ0v) is 10.9. The molecule has 0 aromatic rings. The van der Waals surface area contributed by atoms with E-state index in [2.05, 4.69) is 20.4 Å². The van der Waals surface area contributed by atoms with E-state index in [0.717, 1.165) is 32.3 Å². The van der Waals surface area contributed by atoms with Crippen molar-refractivity contribution >= 4 is 0 Å². The van der Waals surface area contributed by atoms with Crippen molar-refractivity contribution in [2.45, 2.75) is 70.4 Å². The Hall–Kier alpha value is -0.340. The molecule has 0 aliphatic heterocycles. The molecule has 2 heteroatoms. The molecule has 1 rings (SSSR count). The number of hydrogen-bond acceptors (Lipinski definition) is 2. The van der Waals surface area contributed by atoms with E-state index in [0.29, 0.717) is 0 Å². The zero-order chi connectivity index (χ0) is 12.0. The summed E-state index contributed by atoms with van der Waals surface area (Å²) < 4.78 is 6.01. The van der Waals surface area contributed by atoms with Gasteiger partial charge in [0.2, 0.25) is 0 Å². The normalized spacial score (nSPS) is 21.7. The van der Waals surface area contributed by atoms with Crippen molar-refractivity contribution in [1.82, 2.24) is 0 Å². The average molecular weight is 225 g/mol. The van der Waals surface area contributed by atoms with Gasteiger partial charge in [0.15, 0.2) is 0 Å². The van der Waals surface area contributed by atoms with Gasteiger partial charge in [0.05, 0.1) is 5.60 Å². The summed E-state index contributed by atoms with van der Waals surface area (Å²) in [5, 5.41) is 0. The largest absolute Gasteiger partial charge is 0.374 e. The molecule has 2 N–H and O–H groups in total. The van der Waals surface area contributed by atoms with E-state index in [1.807, 2.05) is 0 Å². The molecule has 2 nitrogen and oxygen atoms in total. The first-order valence-electron chi connectivity index (χ1n) is 6.71. The number of hydrogen-bond donors (Lipinski definition) is 1. The van der Waals surface area contributed by atoms with E-state index in [1.165, 1.54) is 24.8 Å². The van der Waals surface area contributed by atoms with Crippen LogP contribution in [0.25, 0.3) is 0 Å². The van der Waals surface area contributed by atoms with Crippen LogP contribution in [0.1, 0.15) is 58.8 Å². The molecule has 1 saturated carbocycles. The molecule has 1 unspecified atom stereocenters. The van der Waals surface area contributed by atoms with E-state index in [9.17, 15) is 0 Å². The van der Waals surface area contributed by atoms with Gasteiger partial charge in [0.25, 0.3) is 0 Å². The summed E-state index contributed by atoms with van der Waals surface area (Å²) in [6.45, 7) is 9.04. The van der Waals surface area contributed by atoms with E-state index in [4.69, 9.17) is 10.5 Å². The van der Waals surface area contributed by atoms with Gasteiger partial charge in [-0.25, -0.2) is 0 Å². The third-order valence-corrected chi connectivity index (χ3v) is 3.82. The molecule has 0 aromatic carbocycles. The summed E-state index contributed by atoms with van der Waals surface area (Å²) in [6.07, 6.45) is 8.03. The summed E-state index contributed by atoms with van der Waals surface area (Å²) in [6, 6.07) is 0.125. The molecule has 94 valence electrons. The maximum atomic E-state index is 6.36. The van der Waals surface area contributed by atoms with E-state index in [1.54, 1.807) is 0 Å². The van der Waals surface area contributed by atoms with E-state index in [-0.39, 0.29) is 11.6 Å². The lowest BCUT2D eigenvalue weighted by molar-refractivity contribution is -0.0818. The zero-order valence-electron chi connectivity index (χ0n) is 10.9. The van der Waals surface area contributed by atoms with Crippen molar-refractivity contribution in [3.63, 3.8) is 0 Å². The minimum atomic E-state index is -0.0644. The summed E-state index contributed by atoms with van der Waals surface area (Å²) in [7, 11) is 0. The highest BCUT2D eigenvalue weighted by Gasteiger charge is 2.38. The van der Waals surface area contributed by atoms with Crippen LogP contribution in [0.5, 0.6) is 0 Å². The minimum absolute atomic E-state index is 0.0644. The Morgan fingerprint density at radius 2 is 1.94 bits per heavy atom. The number of ether oxygens (including phenoxy) is 1. The second-order valence-corrected chi connectivity index (χ2v) is 4.97. The molecule has 0 aromatic heterocycles. The molecular formula is C14H27NO. The standard InChI is InChI=1S/C14H27NO/c1-4-12(3)11-13(15)14(16-5-2)9-7-6-8-10-14/h13H,3-11,15H2,1-2H3. The molecule has 1 fully saturated rings. The predicted molar refractivity (Wildman–Crippen MR) is 69.5 cm³/mol. The van der Waals surface area contributed by atoms with Gasteiger partial charge in [0.1, 0.15) is 0 Å². The van der Waals surface area contributed by atoms with Crippen molar-refractivity contribution in [2.24, 2.45) is 5.73 Å². The Morgan fingerprint density at radius 1 is 1.31 bits per heavy atom. The average Bonchev–Trinajstić information content (AvgIpc) is 2.30. The Kier molecular flexibility index (Phi) is 5.50. The van der Waals surface area contributed by atoms with Gasteiger partial charge < -0.3 is 10.5 Å². The third kappa shape index (κ3) is 3.33. The quantitative estimate of drug-likeness (QED) is 0.703. The summed E-state index contributed by atoms with van der Waals surface area (Å²) >= 11 is 0. The van der Waals surface area contributed by atoms with Crippen LogP contribution >= 0.6 is 0 Å². The highest BCUT2D eigenvalue weighted by atomic mass is 16.5. The molecule has 0 spiro atoms. The summed E-state index contributed by atoms with van der Waals surface area (Å²) in [5.41, 5.74) is 7.54. The maximum absolute atomic E-state index is 6.36. The van der Waals surface area contributed by atoms with Crippen LogP contribution in [0.3, 0.4) is 0 Å². The molecule has 1 aliphatic rings. The Labute approximate surface area is 100 Å². The SMILES string of the molecule is C=C(CC)CC(N)C1(OCC)CCCCC1. The Balaban J connectivity index is 2.63. The lowest BCUT2D eigenvalue weighted by Gasteiger charge is -2.42. The number of rotatable bonds is 6. The van der Waals surface area contributed by atoms with Crippen LogP contribution in [0.2, 0.25) is 0 Å². The lowest BCUT2D eigenvalue weighted by atomic mass is 9.77. The van der Waals surface area contributed by atoms with Gasteiger partial charge in [-0.1, -0.05) is 38.3 Å². The monoisotopic (exact) mass is 225 g/mol. The molecule has 0 heterocycles. The first-order valence-corrected chi connectivity index (χ1v) is 6.71. The molecule has 0 bridgehead atoms. The fourth-order valence-electron chi connectivity index (χ4n) is 2.70. The highest BCUT2D eigenvalue weighted by molar-refractivity contribution is 5.03. The van der Waals surface area contributed by atoms with Gasteiger partial charge >= 0.3 is 0 Å². The Bertz CT molecular complexity index is 213. The molecule has 0 amide bonds. The predicted octanol–water partition coefficient (Wildman–Crippen LogP) is 3.41. The summed E-state index contributed by atoms with van der Waals surface area (Å²) in [4.78, 5) is 0. The van der Waals surface area contributed by atoms with E-state index < -0.39 is 0 Å². The smallest absolute Gasteiger partial charge is 0.0835 e. The fourth-order valence-corrected chi connectivity index (χ4v) is 2.70. The van der Waals surface area contributed by atoms with Crippen LogP contribution in [0.15, 0.2) is 12.2 Å². The fraction of sp³-hybridized carbons (Fsp3) is 0.857. The van der Waals surface area contributed by atoms with Crippen molar-refractivity contribution in [1.29, 1.82) is 0 Å². The van der Waals surface area contributed by atoms with Crippen molar-refractivity contribution in [2.75, 3.05) is 6.61 Å².